The second-order valence-corrected chi connectivity index (χ2v) is 5.65. The molecular weight excluding hydrogens is 329 g/mol. The first-order valence-corrected chi connectivity index (χ1v) is 7.52. The monoisotopic (exact) mass is 350 g/mol. The number of hydrogen-bond acceptors (Lipinski definition) is 2. The Labute approximate surface area is 140 Å². The van der Waals surface area contributed by atoms with Gasteiger partial charge >= 0.3 is 6.18 Å². The zero-order valence-corrected chi connectivity index (χ0v) is 13.8. The Bertz CT molecular complexity index is 501. The smallest absolute Gasteiger partial charge is 0.335 e. The van der Waals surface area contributed by atoms with Crippen LogP contribution in [0.3, 0.4) is 0 Å². The third-order valence-electron chi connectivity index (χ3n) is 3.76. The largest absolute Gasteiger partial charge is 0.416 e. The van der Waals surface area contributed by atoms with Crippen LogP contribution in [0.2, 0.25) is 0 Å². The van der Waals surface area contributed by atoms with Crippen molar-refractivity contribution in [3.05, 3.63) is 35.4 Å². The Balaban J connectivity index is 0.00000264. The van der Waals surface area contributed by atoms with Crippen LogP contribution in [0, 0.1) is 0 Å². The third-order valence-corrected chi connectivity index (χ3v) is 3.76. The summed E-state index contributed by atoms with van der Waals surface area (Å²) in [5, 5.41) is 3.00. The summed E-state index contributed by atoms with van der Waals surface area (Å²) in [4.78, 5) is 14.1. The molecule has 1 N–H and O–H groups in total. The summed E-state index contributed by atoms with van der Waals surface area (Å²) in [7, 11) is 1.84. The minimum atomic E-state index is -4.32. The SMILES string of the molecule is CNCCCC(=O)N(Cc1ccc(C(F)(F)F)cc1)C1CC1.Cl. The van der Waals surface area contributed by atoms with Gasteiger partial charge in [-0.2, -0.15) is 13.2 Å². The summed E-state index contributed by atoms with van der Waals surface area (Å²) < 4.78 is 37.7. The predicted molar refractivity (Wildman–Crippen MR) is 85.4 cm³/mol. The van der Waals surface area contributed by atoms with Crippen molar-refractivity contribution in [2.45, 2.75) is 44.4 Å². The number of carbonyl (C=O) groups is 1. The van der Waals surface area contributed by atoms with Gasteiger partial charge in [0.2, 0.25) is 5.91 Å². The Morgan fingerprint density at radius 3 is 2.35 bits per heavy atom. The van der Waals surface area contributed by atoms with Crippen molar-refractivity contribution in [2.24, 2.45) is 0 Å². The topological polar surface area (TPSA) is 32.3 Å². The molecule has 0 aliphatic heterocycles. The quantitative estimate of drug-likeness (QED) is 0.762. The Kier molecular flexibility index (Phi) is 7.35. The van der Waals surface area contributed by atoms with Gasteiger partial charge in [0, 0.05) is 19.0 Å². The van der Waals surface area contributed by atoms with E-state index in [1.165, 1.54) is 12.1 Å². The van der Waals surface area contributed by atoms with Crippen LogP contribution in [0.15, 0.2) is 24.3 Å². The minimum Gasteiger partial charge on any atom is -0.335 e. The molecule has 0 unspecified atom stereocenters. The maximum absolute atomic E-state index is 12.6. The van der Waals surface area contributed by atoms with Crippen molar-refractivity contribution >= 4 is 18.3 Å². The Morgan fingerprint density at radius 1 is 1.26 bits per heavy atom. The first-order valence-electron chi connectivity index (χ1n) is 7.52. The summed E-state index contributed by atoms with van der Waals surface area (Å²) in [6.45, 7) is 1.17. The van der Waals surface area contributed by atoms with Gasteiger partial charge in [-0.05, 0) is 50.6 Å². The van der Waals surface area contributed by atoms with E-state index < -0.39 is 11.7 Å². The molecule has 1 amide bonds. The molecule has 1 aromatic carbocycles. The highest BCUT2D eigenvalue weighted by Gasteiger charge is 2.33. The van der Waals surface area contributed by atoms with Crippen LogP contribution >= 0.6 is 12.4 Å². The predicted octanol–water partition coefficient (Wildman–Crippen LogP) is 3.62. The number of halogens is 4. The second kappa shape index (κ2) is 8.55. The van der Waals surface area contributed by atoms with E-state index in [4.69, 9.17) is 0 Å². The zero-order valence-electron chi connectivity index (χ0n) is 13.0. The van der Waals surface area contributed by atoms with Gasteiger partial charge in [0.15, 0.2) is 0 Å². The molecule has 130 valence electrons. The lowest BCUT2D eigenvalue weighted by molar-refractivity contribution is -0.137. The summed E-state index contributed by atoms with van der Waals surface area (Å²) in [6, 6.07) is 5.32. The third kappa shape index (κ3) is 6.03. The van der Waals surface area contributed by atoms with Crippen molar-refractivity contribution in [3.63, 3.8) is 0 Å². The van der Waals surface area contributed by atoms with Crippen LogP contribution in [0.25, 0.3) is 0 Å². The van der Waals surface area contributed by atoms with E-state index >= 15 is 0 Å². The van der Waals surface area contributed by atoms with Gasteiger partial charge in [0.25, 0.3) is 0 Å². The van der Waals surface area contributed by atoms with Gasteiger partial charge in [-0.25, -0.2) is 0 Å². The minimum absolute atomic E-state index is 0. The molecule has 0 saturated heterocycles. The number of benzene rings is 1. The molecule has 0 radical (unpaired) electrons. The number of amides is 1. The van der Waals surface area contributed by atoms with E-state index in [2.05, 4.69) is 5.32 Å². The van der Waals surface area contributed by atoms with Crippen LogP contribution in [0.1, 0.15) is 36.8 Å². The van der Waals surface area contributed by atoms with E-state index in [9.17, 15) is 18.0 Å². The molecule has 0 bridgehead atoms. The molecule has 23 heavy (non-hydrogen) atoms. The molecule has 3 nitrogen and oxygen atoms in total. The second-order valence-electron chi connectivity index (χ2n) is 5.65. The van der Waals surface area contributed by atoms with E-state index in [1.54, 1.807) is 4.90 Å². The van der Waals surface area contributed by atoms with Crippen molar-refractivity contribution < 1.29 is 18.0 Å². The molecule has 1 fully saturated rings. The lowest BCUT2D eigenvalue weighted by atomic mass is 10.1. The molecule has 0 aromatic heterocycles. The van der Waals surface area contributed by atoms with Crippen LogP contribution in [-0.2, 0) is 17.5 Å². The summed E-state index contributed by atoms with van der Waals surface area (Å²) in [5.41, 5.74) is 0.0800. The Hall–Kier alpha value is -1.27. The fraction of sp³-hybridized carbons (Fsp3) is 0.562. The van der Waals surface area contributed by atoms with Crippen LogP contribution in [0.5, 0.6) is 0 Å². The fourth-order valence-electron chi connectivity index (χ4n) is 2.36. The first kappa shape index (κ1) is 19.8. The first-order chi connectivity index (χ1) is 10.4. The van der Waals surface area contributed by atoms with Crippen LogP contribution in [-0.4, -0.2) is 30.4 Å². The van der Waals surface area contributed by atoms with Crippen molar-refractivity contribution in [1.29, 1.82) is 0 Å². The summed E-state index contributed by atoms with van der Waals surface area (Å²) in [5.74, 6) is 0.0812. The van der Waals surface area contributed by atoms with Gasteiger partial charge in [-0.3, -0.25) is 4.79 Å². The van der Waals surface area contributed by atoms with Gasteiger partial charge in [-0.15, -0.1) is 12.4 Å². The number of carbonyl (C=O) groups excluding carboxylic acids is 1. The highest BCUT2D eigenvalue weighted by molar-refractivity contribution is 5.85. The molecule has 0 spiro atoms. The highest BCUT2D eigenvalue weighted by atomic mass is 35.5. The normalized spacial score (nSPS) is 14.3. The van der Waals surface area contributed by atoms with E-state index in [-0.39, 0.29) is 24.4 Å². The van der Waals surface area contributed by atoms with Gasteiger partial charge in [0.1, 0.15) is 0 Å². The van der Waals surface area contributed by atoms with E-state index in [0.717, 1.165) is 43.5 Å². The fourth-order valence-corrected chi connectivity index (χ4v) is 2.36. The number of rotatable bonds is 7. The maximum Gasteiger partial charge on any atom is 0.416 e. The molecule has 2 rings (SSSR count). The lowest BCUT2D eigenvalue weighted by Gasteiger charge is -2.23. The van der Waals surface area contributed by atoms with Crippen LogP contribution < -0.4 is 5.32 Å². The van der Waals surface area contributed by atoms with Crippen molar-refractivity contribution in [2.75, 3.05) is 13.6 Å². The molecule has 0 heterocycles. The molecular formula is C16H22ClF3N2O. The standard InChI is InChI=1S/C16H21F3N2O.ClH/c1-20-10-2-3-15(22)21(14-8-9-14)11-12-4-6-13(7-5-12)16(17,18)19;/h4-7,14,20H,2-3,8-11H2,1H3;1H. The summed E-state index contributed by atoms with van der Waals surface area (Å²) >= 11 is 0. The molecule has 7 heteroatoms. The highest BCUT2D eigenvalue weighted by Crippen LogP contribution is 2.31. The van der Waals surface area contributed by atoms with E-state index in [0.29, 0.717) is 13.0 Å². The van der Waals surface area contributed by atoms with E-state index in [1.807, 2.05) is 7.05 Å². The maximum atomic E-state index is 12.6. The Morgan fingerprint density at radius 2 is 1.87 bits per heavy atom. The molecule has 0 atom stereocenters. The van der Waals surface area contributed by atoms with Gasteiger partial charge < -0.3 is 10.2 Å². The zero-order chi connectivity index (χ0) is 16.2. The van der Waals surface area contributed by atoms with Crippen molar-refractivity contribution in [1.82, 2.24) is 10.2 Å². The molecule has 1 aliphatic rings. The van der Waals surface area contributed by atoms with Gasteiger partial charge in [-0.1, -0.05) is 12.1 Å². The van der Waals surface area contributed by atoms with Gasteiger partial charge in [0.05, 0.1) is 5.56 Å². The number of nitrogens with one attached hydrogen (secondary N) is 1. The lowest BCUT2D eigenvalue weighted by Crippen LogP contribution is -2.32. The number of alkyl halides is 3. The number of nitrogens with zero attached hydrogens (tertiary/aromatic N) is 1. The van der Waals surface area contributed by atoms with Crippen molar-refractivity contribution in [3.8, 4) is 0 Å². The number of hydrogen-bond donors (Lipinski definition) is 1. The molecule has 1 saturated carbocycles. The average Bonchev–Trinajstić information content (AvgIpc) is 3.29. The molecule has 1 aromatic rings. The summed E-state index contributed by atoms with van der Waals surface area (Å²) in [6.07, 6.45) is -1.11. The van der Waals surface area contributed by atoms with Crippen LogP contribution in [0.4, 0.5) is 13.2 Å². The molecule has 1 aliphatic carbocycles. The average molecular weight is 351 g/mol.